The predicted molar refractivity (Wildman–Crippen MR) is 112 cm³/mol. The second-order valence-electron chi connectivity index (χ2n) is 7.20. The smallest absolute Gasteiger partial charge is 0.238 e. The second kappa shape index (κ2) is 9.46. The van der Waals surface area contributed by atoms with Gasteiger partial charge in [-0.15, -0.1) is 0 Å². The molecular weight excluding hydrogens is 354 g/mol. The molecule has 0 aliphatic carbocycles. The fourth-order valence-electron chi connectivity index (χ4n) is 3.25. The van der Waals surface area contributed by atoms with Gasteiger partial charge in [-0.1, -0.05) is 0 Å². The zero-order chi connectivity index (χ0) is 19.9. The molecular formula is C22H29N3O3. The molecule has 0 radical (unpaired) electrons. The highest BCUT2D eigenvalue weighted by molar-refractivity contribution is 5.92. The van der Waals surface area contributed by atoms with Crippen LogP contribution in [0.4, 0.5) is 11.4 Å². The van der Waals surface area contributed by atoms with Crippen LogP contribution in [0.2, 0.25) is 0 Å². The van der Waals surface area contributed by atoms with Crippen molar-refractivity contribution in [2.75, 3.05) is 50.1 Å². The fourth-order valence-corrected chi connectivity index (χ4v) is 3.25. The van der Waals surface area contributed by atoms with Crippen LogP contribution in [-0.2, 0) is 4.79 Å². The van der Waals surface area contributed by atoms with E-state index in [2.05, 4.69) is 27.2 Å². The number of methoxy groups -OCH3 is 1. The van der Waals surface area contributed by atoms with Crippen LogP contribution in [-0.4, -0.2) is 56.7 Å². The third-order valence-corrected chi connectivity index (χ3v) is 4.69. The van der Waals surface area contributed by atoms with Crippen molar-refractivity contribution in [2.45, 2.75) is 20.0 Å². The van der Waals surface area contributed by atoms with Crippen LogP contribution >= 0.6 is 0 Å². The van der Waals surface area contributed by atoms with Crippen molar-refractivity contribution < 1.29 is 14.3 Å². The number of benzene rings is 2. The molecule has 1 aliphatic rings. The van der Waals surface area contributed by atoms with E-state index in [1.165, 1.54) is 5.69 Å². The molecule has 1 fully saturated rings. The number of ether oxygens (including phenoxy) is 2. The maximum Gasteiger partial charge on any atom is 0.238 e. The molecule has 1 amide bonds. The number of hydrogen-bond donors (Lipinski definition) is 1. The molecule has 0 unspecified atom stereocenters. The molecule has 0 bridgehead atoms. The van der Waals surface area contributed by atoms with Crippen molar-refractivity contribution in [3.8, 4) is 11.5 Å². The standard InChI is InChI=1S/C22H29N3O3/c1-17(2)28-21-8-4-18(5-9-21)23-22(26)16-24-12-14-25(15-13-24)19-6-10-20(27-3)11-7-19/h4-11,17H,12-16H2,1-3H3,(H,23,26). The fraction of sp³-hybridized carbons (Fsp3) is 0.409. The summed E-state index contributed by atoms with van der Waals surface area (Å²) in [6.07, 6.45) is 0.136. The number of carbonyl (C=O) groups excluding carboxylic acids is 1. The molecule has 6 nitrogen and oxygen atoms in total. The summed E-state index contributed by atoms with van der Waals surface area (Å²) in [7, 11) is 1.67. The number of carbonyl (C=O) groups is 1. The molecule has 0 aromatic heterocycles. The summed E-state index contributed by atoms with van der Waals surface area (Å²) in [5.74, 6) is 1.68. The highest BCUT2D eigenvalue weighted by atomic mass is 16.5. The maximum atomic E-state index is 12.4. The summed E-state index contributed by atoms with van der Waals surface area (Å²) in [5, 5.41) is 2.96. The topological polar surface area (TPSA) is 54.0 Å². The molecule has 1 heterocycles. The van der Waals surface area contributed by atoms with Gasteiger partial charge >= 0.3 is 0 Å². The van der Waals surface area contributed by atoms with E-state index >= 15 is 0 Å². The number of rotatable bonds is 7. The van der Waals surface area contributed by atoms with Gasteiger partial charge in [-0.05, 0) is 62.4 Å². The van der Waals surface area contributed by atoms with E-state index < -0.39 is 0 Å². The Hall–Kier alpha value is -2.73. The largest absolute Gasteiger partial charge is 0.497 e. The third kappa shape index (κ3) is 5.63. The molecule has 2 aromatic carbocycles. The van der Waals surface area contributed by atoms with Crippen molar-refractivity contribution in [3.63, 3.8) is 0 Å². The lowest BCUT2D eigenvalue weighted by Gasteiger charge is -2.35. The number of anilines is 2. The molecule has 2 aromatic rings. The van der Waals surface area contributed by atoms with Gasteiger partial charge in [0.1, 0.15) is 11.5 Å². The first-order valence-electron chi connectivity index (χ1n) is 9.71. The predicted octanol–water partition coefficient (Wildman–Crippen LogP) is 3.24. The lowest BCUT2D eigenvalue weighted by atomic mass is 10.2. The minimum atomic E-state index is 0.00965. The molecule has 150 valence electrons. The van der Waals surface area contributed by atoms with Crippen molar-refractivity contribution in [1.82, 2.24) is 4.90 Å². The number of amides is 1. The molecule has 28 heavy (non-hydrogen) atoms. The molecule has 0 spiro atoms. The summed E-state index contributed by atoms with van der Waals surface area (Å²) in [6, 6.07) is 15.6. The van der Waals surface area contributed by atoms with Crippen molar-refractivity contribution in [2.24, 2.45) is 0 Å². The van der Waals surface area contributed by atoms with Gasteiger partial charge in [0, 0.05) is 37.6 Å². The van der Waals surface area contributed by atoms with Gasteiger partial charge in [-0.25, -0.2) is 0 Å². The molecule has 0 saturated carbocycles. The van der Waals surface area contributed by atoms with E-state index in [1.54, 1.807) is 7.11 Å². The van der Waals surface area contributed by atoms with Crippen LogP contribution in [0.1, 0.15) is 13.8 Å². The quantitative estimate of drug-likeness (QED) is 0.795. The number of nitrogens with one attached hydrogen (secondary N) is 1. The minimum Gasteiger partial charge on any atom is -0.497 e. The van der Waals surface area contributed by atoms with E-state index in [0.29, 0.717) is 6.54 Å². The summed E-state index contributed by atoms with van der Waals surface area (Å²) in [5.41, 5.74) is 1.98. The highest BCUT2D eigenvalue weighted by Crippen LogP contribution is 2.21. The Bertz CT molecular complexity index is 752. The summed E-state index contributed by atoms with van der Waals surface area (Å²) in [6.45, 7) is 7.91. The third-order valence-electron chi connectivity index (χ3n) is 4.69. The van der Waals surface area contributed by atoms with Gasteiger partial charge in [0.25, 0.3) is 0 Å². The Morgan fingerprint density at radius 2 is 1.57 bits per heavy atom. The molecule has 1 saturated heterocycles. The first kappa shape index (κ1) is 20.0. The Balaban J connectivity index is 1.44. The Morgan fingerprint density at radius 1 is 0.964 bits per heavy atom. The molecule has 1 aliphatic heterocycles. The maximum absolute atomic E-state index is 12.4. The number of piperazine rings is 1. The van der Waals surface area contributed by atoms with Gasteiger partial charge in [-0.3, -0.25) is 9.69 Å². The average molecular weight is 383 g/mol. The van der Waals surface area contributed by atoms with E-state index in [4.69, 9.17) is 9.47 Å². The lowest BCUT2D eigenvalue weighted by Crippen LogP contribution is -2.48. The van der Waals surface area contributed by atoms with Gasteiger partial charge in [0.15, 0.2) is 0 Å². The first-order chi connectivity index (χ1) is 13.5. The average Bonchev–Trinajstić information content (AvgIpc) is 2.70. The lowest BCUT2D eigenvalue weighted by molar-refractivity contribution is -0.117. The van der Waals surface area contributed by atoms with Crippen LogP contribution in [0.25, 0.3) is 0 Å². The minimum absolute atomic E-state index is 0.00965. The van der Waals surface area contributed by atoms with Gasteiger partial charge < -0.3 is 19.7 Å². The number of nitrogens with zero attached hydrogens (tertiary/aromatic N) is 2. The number of hydrogen-bond acceptors (Lipinski definition) is 5. The van der Waals surface area contributed by atoms with E-state index in [9.17, 15) is 4.79 Å². The van der Waals surface area contributed by atoms with E-state index in [1.807, 2.05) is 50.2 Å². The van der Waals surface area contributed by atoms with Crippen molar-refractivity contribution in [3.05, 3.63) is 48.5 Å². The molecule has 3 rings (SSSR count). The summed E-state index contributed by atoms with van der Waals surface area (Å²) < 4.78 is 10.8. The van der Waals surface area contributed by atoms with Gasteiger partial charge in [-0.2, -0.15) is 0 Å². The SMILES string of the molecule is COc1ccc(N2CCN(CC(=O)Nc3ccc(OC(C)C)cc3)CC2)cc1. The summed E-state index contributed by atoms with van der Waals surface area (Å²) >= 11 is 0. The Kier molecular flexibility index (Phi) is 6.76. The molecule has 6 heteroatoms. The van der Waals surface area contributed by atoms with Gasteiger partial charge in [0.2, 0.25) is 5.91 Å². The monoisotopic (exact) mass is 383 g/mol. The second-order valence-corrected chi connectivity index (χ2v) is 7.20. The van der Waals surface area contributed by atoms with Crippen molar-refractivity contribution in [1.29, 1.82) is 0 Å². The Morgan fingerprint density at radius 3 is 2.14 bits per heavy atom. The van der Waals surface area contributed by atoms with Crippen LogP contribution in [0.5, 0.6) is 11.5 Å². The molecule has 1 N–H and O–H groups in total. The highest BCUT2D eigenvalue weighted by Gasteiger charge is 2.19. The summed E-state index contributed by atoms with van der Waals surface area (Å²) in [4.78, 5) is 16.9. The van der Waals surface area contributed by atoms with Crippen LogP contribution < -0.4 is 19.7 Å². The van der Waals surface area contributed by atoms with Crippen LogP contribution in [0.3, 0.4) is 0 Å². The zero-order valence-electron chi connectivity index (χ0n) is 16.9. The van der Waals surface area contributed by atoms with E-state index in [0.717, 1.165) is 43.4 Å². The zero-order valence-corrected chi connectivity index (χ0v) is 16.9. The van der Waals surface area contributed by atoms with Gasteiger partial charge in [0.05, 0.1) is 19.8 Å². The normalized spacial score (nSPS) is 14.8. The van der Waals surface area contributed by atoms with Crippen molar-refractivity contribution >= 4 is 17.3 Å². The Labute approximate surface area is 167 Å². The molecule has 0 atom stereocenters. The first-order valence-corrected chi connectivity index (χ1v) is 9.71. The van der Waals surface area contributed by atoms with E-state index in [-0.39, 0.29) is 12.0 Å². The van der Waals surface area contributed by atoms with Crippen LogP contribution in [0, 0.1) is 0 Å². The van der Waals surface area contributed by atoms with Crippen LogP contribution in [0.15, 0.2) is 48.5 Å².